The fourth-order valence-corrected chi connectivity index (χ4v) is 7.10. The summed E-state index contributed by atoms with van der Waals surface area (Å²) in [4.78, 5) is 30.1. The molecule has 4 rings (SSSR count). The Morgan fingerprint density at radius 1 is 1.16 bits per heavy atom. The summed E-state index contributed by atoms with van der Waals surface area (Å²) < 4.78 is 56.9. The van der Waals surface area contributed by atoms with Crippen molar-refractivity contribution in [1.29, 1.82) is 0 Å². The fourth-order valence-electron chi connectivity index (χ4n) is 5.38. The Bertz CT molecular complexity index is 1280. The van der Waals surface area contributed by atoms with Gasteiger partial charge in [0.15, 0.2) is 0 Å². The highest BCUT2D eigenvalue weighted by molar-refractivity contribution is 7.89. The number of carbonyl (C=O) groups is 2. The first-order valence-corrected chi connectivity index (χ1v) is 13.9. The molecule has 2 aromatic rings. The van der Waals surface area contributed by atoms with E-state index in [1.807, 2.05) is 6.92 Å². The van der Waals surface area contributed by atoms with Gasteiger partial charge in [-0.15, -0.1) is 0 Å². The third kappa shape index (κ3) is 5.24. The van der Waals surface area contributed by atoms with Crippen LogP contribution in [0.2, 0.25) is 0 Å². The van der Waals surface area contributed by atoms with Crippen LogP contribution in [-0.2, 0) is 25.5 Å². The number of alkyl halides is 2. The number of aromatic nitrogens is 1. The van der Waals surface area contributed by atoms with E-state index < -0.39 is 46.4 Å². The van der Waals surface area contributed by atoms with E-state index in [0.29, 0.717) is 30.6 Å². The number of carboxylic acids is 1. The van der Waals surface area contributed by atoms with Gasteiger partial charge in [-0.2, -0.15) is 4.31 Å². The Morgan fingerprint density at radius 3 is 2.49 bits per heavy atom. The maximum absolute atomic E-state index is 14.5. The molecule has 2 aliphatic rings. The summed E-state index contributed by atoms with van der Waals surface area (Å²) in [5.74, 6) is -5.35. The second-order valence-corrected chi connectivity index (χ2v) is 11.7. The third-order valence-electron chi connectivity index (χ3n) is 7.52. The molecule has 1 aromatic carbocycles. The molecule has 2 unspecified atom stereocenters. The number of rotatable bonds is 8. The zero-order valence-electron chi connectivity index (χ0n) is 20.8. The van der Waals surface area contributed by atoms with Gasteiger partial charge in [-0.25, -0.2) is 17.2 Å². The zero-order valence-corrected chi connectivity index (χ0v) is 21.6. The van der Waals surface area contributed by atoms with Crippen molar-refractivity contribution in [2.75, 3.05) is 24.5 Å². The standard InChI is InChI=1S/C26H31F2N3O5S/c1-3-26(27,28)20-7-4-5-9-22(20)37(35,36)30-13-10-18(11-14-30)15-19-17(2)24-21(8-6-12-29-24)31(25(19)34)16-23(32)33/h4-9,12,17-19H,3,10-11,13-16H2,1-2H3,(H,32,33). The van der Waals surface area contributed by atoms with Gasteiger partial charge in [0.2, 0.25) is 15.9 Å². The average Bonchev–Trinajstić information content (AvgIpc) is 2.89. The van der Waals surface area contributed by atoms with Crippen LogP contribution in [0.25, 0.3) is 0 Å². The van der Waals surface area contributed by atoms with Crippen molar-refractivity contribution in [3.63, 3.8) is 0 Å². The van der Waals surface area contributed by atoms with Crippen molar-refractivity contribution in [1.82, 2.24) is 9.29 Å². The summed E-state index contributed by atoms with van der Waals surface area (Å²) in [5, 5.41) is 9.34. The van der Waals surface area contributed by atoms with Crippen molar-refractivity contribution in [2.45, 2.75) is 56.3 Å². The summed E-state index contributed by atoms with van der Waals surface area (Å²) in [6, 6.07) is 8.60. The molecule has 8 nitrogen and oxygen atoms in total. The Hall–Kier alpha value is -2.92. The van der Waals surface area contributed by atoms with Gasteiger partial charge in [0.05, 0.1) is 16.3 Å². The predicted molar refractivity (Wildman–Crippen MR) is 133 cm³/mol. The van der Waals surface area contributed by atoms with Gasteiger partial charge in [0, 0.05) is 43.1 Å². The minimum absolute atomic E-state index is 0.0205. The monoisotopic (exact) mass is 535 g/mol. The minimum atomic E-state index is -4.12. The molecule has 2 aliphatic heterocycles. The smallest absolute Gasteiger partial charge is 0.323 e. The van der Waals surface area contributed by atoms with Crippen LogP contribution in [0.4, 0.5) is 14.5 Å². The number of aliphatic carboxylic acids is 1. The molecule has 2 atom stereocenters. The second kappa shape index (κ2) is 10.4. The molecule has 0 spiro atoms. The summed E-state index contributed by atoms with van der Waals surface area (Å²) in [6.45, 7) is 3.06. The Morgan fingerprint density at radius 2 is 1.84 bits per heavy atom. The highest BCUT2D eigenvalue weighted by atomic mass is 32.2. The number of amides is 1. The van der Waals surface area contributed by atoms with Crippen LogP contribution in [0.15, 0.2) is 47.5 Å². The number of piperidine rings is 1. The third-order valence-corrected chi connectivity index (χ3v) is 9.48. The van der Waals surface area contributed by atoms with E-state index in [-0.39, 0.29) is 35.7 Å². The van der Waals surface area contributed by atoms with Crippen LogP contribution >= 0.6 is 0 Å². The van der Waals surface area contributed by atoms with Gasteiger partial charge in [-0.05, 0) is 43.4 Å². The van der Waals surface area contributed by atoms with Gasteiger partial charge in [0.25, 0.3) is 5.92 Å². The predicted octanol–water partition coefficient (Wildman–Crippen LogP) is 4.23. The van der Waals surface area contributed by atoms with Gasteiger partial charge in [0.1, 0.15) is 6.54 Å². The van der Waals surface area contributed by atoms with Gasteiger partial charge in [-0.3, -0.25) is 19.5 Å². The Kier molecular flexibility index (Phi) is 7.66. The van der Waals surface area contributed by atoms with Crippen molar-refractivity contribution in [3.05, 3.63) is 53.9 Å². The van der Waals surface area contributed by atoms with Crippen LogP contribution in [0.1, 0.15) is 56.7 Å². The lowest BCUT2D eigenvalue weighted by Crippen LogP contribution is -2.47. The van der Waals surface area contributed by atoms with Gasteiger partial charge < -0.3 is 5.11 Å². The van der Waals surface area contributed by atoms with Crippen LogP contribution in [0.3, 0.4) is 0 Å². The lowest BCUT2D eigenvalue weighted by atomic mass is 9.77. The molecule has 1 saturated heterocycles. The number of hydrogen-bond donors (Lipinski definition) is 1. The molecular weight excluding hydrogens is 504 g/mol. The fraction of sp³-hybridized carbons (Fsp3) is 0.500. The summed E-state index contributed by atoms with van der Waals surface area (Å²) in [5.41, 5.74) is 0.676. The number of halogens is 2. The first kappa shape index (κ1) is 27.1. The van der Waals surface area contributed by atoms with E-state index in [4.69, 9.17) is 0 Å². The number of carboxylic acid groups (broad SMARTS) is 1. The van der Waals surface area contributed by atoms with E-state index in [2.05, 4.69) is 4.98 Å². The maximum atomic E-state index is 14.5. The van der Waals surface area contributed by atoms with Crippen molar-refractivity contribution >= 4 is 27.6 Å². The Labute approximate surface area is 215 Å². The number of fused-ring (bicyclic) bond motifs is 1. The lowest BCUT2D eigenvalue weighted by Gasteiger charge is -2.39. The van der Waals surface area contributed by atoms with Gasteiger partial charge in [-0.1, -0.05) is 32.0 Å². The molecule has 1 aromatic heterocycles. The molecule has 1 amide bonds. The molecule has 200 valence electrons. The molecule has 37 heavy (non-hydrogen) atoms. The van der Waals surface area contributed by atoms with Crippen LogP contribution in [0.5, 0.6) is 0 Å². The number of sulfonamides is 1. The normalized spacial score (nSPS) is 21.6. The molecule has 3 heterocycles. The number of pyridine rings is 1. The summed E-state index contributed by atoms with van der Waals surface area (Å²) in [6.07, 6.45) is 2.51. The summed E-state index contributed by atoms with van der Waals surface area (Å²) >= 11 is 0. The molecule has 1 N–H and O–H groups in total. The van der Waals surface area contributed by atoms with Crippen LogP contribution in [-0.4, -0.2) is 54.3 Å². The second-order valence-electron chi connectivity index (χ2n) is 9.76. The highest BCUT2D eigenvalue weighted by Gasteiger charge is 2.42. The van der Waals surface area contributed by atoms with E-state index in [9.17, 15) is 31.9 Å². The number of carbonyl (C=O) groups excluding carboxylic acids is 1. The molecule has 1 fully saturated rings. The van der Waals surface area contributed by atoms with E-state index in [0.717, 1.165) is 6.07 Å². The largest absolute Gasteiger partial charge is 0.480 e. The molecule has 0 radical (unpaired) electrons. The number of benzene rings is 1. The zero-order chi connectivity index (χ0) is 27.0. The number of anilines is 1. The highest BCUT2D eigenvalue weighted by Crippen LogP contribution is 2.42. The SMILES string of the molecule is CCC(F)(F)c1ccccc1S(=O)(=O)N1CCC(CC2C(=O)N(CC(=O)O)c3cccnc3C2C)CC1. The molecular formula is C26H31F2N3O5S. The molecule has 11 heteroatoms. The first-order valence-electron chi connectivity index (χ1n) is 12.4. The minimum Gasteiger partial charge on any atom is -0.480 e. The topological polar surface area (TPSA) is 108 Å². The van der Waals surface area contributed by atoms with E-state index >= 15 is 0 Å². The van der Waals surface area contributed by atoms with Crippen LogP contribution < -0.4 is 4.90 Å². The lowest BCUT2D eigenvalue weighted by molar-refractivity contribution is -0.137. The average molecular weight is 536 g/mol. The van der Waals surface area contributed by atoms with Crippen LogP contribution in [0, 0.1) is 11.8 Å². The maximum Gasteiger partial charge on any atom is 0.323 e. The molecule has 0 aliphatic carbocycles. The quantitative estimate of drug-likeness (QED) is 0.542. The molecule has 0 bridgehead atoms. The van der Waals surface area contributed by atoms with E-state index in [1.165, 1.54) is 34.3 Å². The Balaban J connectivity index is 1.49. The van der Waals surface area contributed by atoms with Crippen molar-refractivity contribution in [2.24, 2.45) is 11.8 Å². The van der Waals surface area contributed by atoms with Crippen molar-refractivity contribution < 1.29 is 31.9 Å². The van der Waals surface area contributed by atoms with Gasteiger partial charge >= 0.3 is 5.97 Å². The number of nitrogens with zero attached hydrogens (tertiary/aromatic N) is 3. The van der Waals surface area contributed by atoms with Crippen molar-refractivity contribution in [3.8, 4) is 0 Å². The number of hydrogen-bond acceptors (Lipinski definition) is 5. The van der Waals surface area contributed by atoms with E-state index in [1.54, 1.807) is 18.3 Å². The first-order chi connectivity index (χ1) is 17.5. The molecule has 0 saturated carbocycles. The summed E-state index contributed by atoms with van der Waals surface area (Å²) in [7, 11) is -4.12.